The summed E-state index contributed by atoms with van der Waals surface area (Å²) in [7, 11) is 6.34. The molecule has 4 heteroatoms. The van der Waals surface area contributed by atoms with E-state index in [1.54, 1.807) is 0 Å². The van der Waals surface area contributed by atoms with E-state index in [0.29, 0.717) is 24.0 Å². The monoisotopic (exact) mass is 344 g/mol. The molecule has 0 aromatic heterocycles. The van der Waals surface area contributed by atoms with Gasteiger partial charge in [0.1, 0.15) is 5.75 Å². The van der Waals surface area contributed by atoms with Crippen LogP contribution in [0, 0.1) is 11.8 Å². The first-order valence-corrected chi connectivity index (χ1v) is 9.66. The highest BCUT2D eigenvalue weighted by Crippen LogP contribution is 2.46. The molecule has 3 rings (SSSR count). The van der Waals surface area contributed by atoms with Crippen LogP contribution in [0.25, 0.3) is 0 Å². The Kier molecular flexibility index (Phi) is 5.67. The number of hydrogen-bond acceptors (Lipinski definition) is 3. The van der Waals surface area contributed by atoms with Crippen molar-refractivity contribution < 1.29 is 9.53 Å². The van der Waals surface area contributed by atoms with Crippen molar-refractivity contribution in [3.63, 3.8) is 0 Å². The Hall–Kier alpha value is -1.55. The van der Waals surface area contributed by atoms with Crippen molar-refractivity contribution in [2.45, 2.75) is 51.1 Å². The summed E-state index contributed by atoms with van der Waals surface area (Å²) in [6.07, 6.45) is 5.81. The third kappa shape index (κ3) is 3.84. The van der Waals surface area contributed by atoms with Crippen molar-refractivity contribution in [1.82, 2.24) is 9.80 Å². The Labute approximate surface area is 152 Å². The van der Waals surface area contributed by atoms with Gasteiger partial charge in [-0.1, -0.05) is 19.1 Å². The average molecular weight is 344 g/mol. The highest BCUT2D eigenvalue weighted by molar-refractivity contribution is 5.97. The van der Waals surface area contributed by atoms with Crippen molar-refractivity contribution in [3.05, 3.63) is 29.8 Å². The van der Waals surface area contributed by atoms with Gasteiger partial charge >= 0.3 is 0 Å². The average Bonchev–Trinajstić information content (AvgIpc) is 3.18. The fraction of sp³-hybridized carbons (Fsp3) is 0.667. The molecule has 2 saturated carbocycles. The number of para-hydroxylation sites is 1. The number of hydrogen-bond donors (Lipinski definition) is 0. The van der Waals surface area contributed by atoms with Crippen LogP contribution in [0.1, 0.15) is 49.4 Å². The van der Waals surface area contributed by atoms with E-state index in [1.807, 2.05) is 36.2 Å². The van der Waals surface area contributed by atoms with Gasteiger partial charge in [0.25, 0.3) is 5.91 Å². The molecule has 2 aliphatic rings. The molecule has 0 N–H and O–H groups in total. The third-order valence-corrected chi connectivity index (χ3v) is 6.14. The van der Waals surface area contributed by atoms with Gasteiger partial charge < -0.3 is 14.5 Å². The summed E-state index contributed by atoms with van der Waals surface area (Å²) in [4.78, 5) is 17.4. The molecule has 0 aliphatic heterocycles. The minimum atomic E-state index is 0.0980. The normalized spacial score (nSPS) is 28.2. The molecular weight excluding hydrogens is 312 g/mol. The number of benzene rings is 1. The Morgan fingerprint density at radius 3 is 2.24 bits per heavy atom. The van der Waals surface area contributed by atoms with Crippen LogP contribution < -0.4 is 4.74 Å². The maximum absolute atomic E-state index is 13.0. The van der Waals surface area contributed by atoms with E-state index in [0.717, 1.165) is 37.1 Å². The van der Waals surface area contributed by atoms with Crippen LogP contribution in [-0.4, -0.2) is 55.5 Å². The van der Waals surface area contributed by atoms with Crippen molar-refractivity contribution >= 4 is 5.91 Å². The van der Waals surface area contributed by atoms with Crippen molar-refractivity contribution in [2.75, 3.05) is 27.7 Å². The quantitative estimate of drug-likeness (QED) is 0.789. The van der Waals surface area contributed by atoms with E-state index >= 15 is 0 Å². The van der Waals surface area contributed by atoms with Gasteiger partial charge in [-0.3, -0.25) is 4.79 Å². The molecule has 1 amide bonds. The number of carbonyl (C=O) groups excluding carboxylic acids is 1. The van der Waals surface area contributed by atoms with Crippen LogP contribution in [0.3, 0.4) is 0 Å². The molecule has 138 valence electrons. The minimum absolute atomic E-state index is 0.0980. The predicted molar refractivity (Wildman–Crippen MR) is 101 cm³/mol. The number of rotatable bonds is 6. The summed E-state index contributed by atoms with van der Waals surface area (Å²) >= 11 is 0. The first kappa shape index (κ1) is 18.2. The van der Waals surface area contributed by atoms with Crippen LogP contribution in [0.5, 0.6) is 5.75 Å². The number of ether oxygens (including phenoxy) is 1. The lowest BCUT2D eigenvalue weighted by Crippen LogP contribution is -2.36. The summed E-state index contributed by atoms with van der Waals surface area (Å²) in [5.41, 5.74) is 0.696. The molecule has 0 spiro atoms. The van der Waals surface area contributed by atoms with Gasteiger partial charge in [0, 0.05) is 19.1 Å². The van der Waals surface area contributed by atoms with Gasteiger partial charge in [-0.2, -0.15) is 0 Å². The van der Waals surface area contributed by atoms with E-state index in [1.165, 1.54) is 12.8 Å². The molecule has 0 saturated heterocycles. The van der Waals surface area contributed by atoms with Gasteiger partial charge in [-0.25, -0.2) is 0 Å². The van der Waals surface area contributed by atoms with Crippen molar-refractivity contribution in [3.8, 4) is 5.75 Å². The van der Waals surface area contributed by atoms with E-state index in [9.17, 15) is 4.79 Å². The molecule has 0 radical (unpaired) electrons. The second-order valence-electron chi connectivity index (χ2n) is 7.99. The molecular formula is C21H32N2O2. The van der Waals surface area contributed by atoms with E-state index in [-0.39, 0.29) is 5.91 Å². The molecule has 1 aromatic carbocycles. The number of carbonyl (C=O) groups is 1. The van der Waals surface area contributed by atoms with Crippen LogP contribution in [0.4, 0.5) is 0 Å². The molecule has 1 aromatic rings. The largest absolute Gasteiger partial charge is 0.493 e. The smallest absolute Gasteiger partial charge is 0.257 e. The summed E-state index contributed by atoms with van der Waals surface area (Å²) in [6, 6.07) is 8.74. The standard InChI is InChI=1S/C21H32N2O2/c1-5-10-25-20-9-7-6-8-19(20)21(24)23(4)18-13-15-11-17(22(2)3)12-16(15)14-18/h6-9,15-18H,5,10-14H2,1-4H3/t15-,16+,17?,18?. The van der Waals surface area contributed by atoms with E-state index < -0.39 is 0 Å². The summed E-state index contributed by atoms with van der Waals surface area (Å²) < 4.78 is 5.78. The second kappa shape index (κ2) is 7.77. The molecule has 4 atom stereocenters. The first-order valence-electron chi connectivity index (χ1n) is 9.66. The summed E-state index contributed by atoms with van der Waals surface area (Å²) in [5, 5.41) is 0. The summed E-state index contributed by atoms with van der Waals surface area (Å²) in [5.74, 6) is 2.37. The maximum Gasteiger partial charge on any atom is 0.257 e. The lowest BCUT2D eigenvalue weighted by molar-refractivity contribution is 0.0722. The Balaban J connectivity index is 1.65. The predicted octanol–water partition coefficient (Wildman–Crippen LogP) is 3.67. The lowest BCUT2D eigenvalue weighted by atomic mass is 10.0. The van der Waals surface area contributed by atoms with E-state index in [2.05, 4.69) is 25.9 Å². The van der Waals surface area contributed by atoms with Crippen LogP contribution >= 0.6 is 0 Å². The highest BCUT2D eigenvalue weighted by Gasteiger charge is 2.44. The van der Waals surface area contributed by atoms with Gasteiger partial charge in [-0.05, 0) is 70.2 Å². The zero-order valence-electron chi connectivity index (χ0n) is 16.1. The molecule has 2 aliphatic carbocycles. The lowest BCUT2D eigenvalue weighted by Gasteiger charge is -2.27. The van der Waals surface area contributed by atoms with Crippen LogP contribution in [0.2, 0.25) is 0 Å². The fourth-order valence-electron chi connectivity index (χ4n) is 4.63. The third-order valence-electron chi connectivity index (χ3n) is 6.14. The van der Waals surface area contributed by atoms with Crippen LogP contribution in [0.15, 0.2) is 24.3 Å². The molecule has 2 unspecified atom stereocenters. The maximum atomic E-state index is 13.0. The molecule has 0 bridgehead atoms. The number of fused-ring (bicyclic) bond motifs is 1. The van der Waals surface area contributed by atoms with Gasteiger partial charge in [-0.15, -0.1) is 0 Å². The van der Waals surface area contributed by atoms with Crippen LogP contribution in [-0.2, 0) is 0 Å². The Morgan fingerprint density at radius 1 is 1.04 bits per heavy atom. The zero-order valence-corrected chi connectivity index (χ0v) is 16.1. The number of amides is 1. The van der Waals surface area contributed by atoms with Gasteiger partial charge in [0.15, 0.2) is 0 Å². The van der Waals surface area contributed by atoms with Crippen molar-refractivity contribution in [2.24, 2.45) is 11.8 Å². The SMILES string of the molecule is CCCOc1ccccc1C(=O)N(C)C1C[C@H]2CC(N(C)C)C[C@H]2C1. The molecule has 2 fully saturated rings. The van der Waals surface area contributed by atoms with Gasteiger partial charge in [0.2, 0.25) is 0 Å². The summed E-state index contributed by atoms with van der Waals surface area (Å²) in [6.45, 7) is 2.72. The number of nitrogens with zero attached hydrogens (tertiary/aromatic N) is 2. The minimum Gasteiger partial charge on any atom is -0.493 e. The van der Waals surface area contributed by atoms with Gasteiger partial charge in [0.05, 0.1) is 12.2 Å². The van der Waals surface area contributed by atoms with Crippen molar-refractivity contribution in [1.29, 1.82) is 0 Å². The topological polar surface area (TPSA) is 32.8 Å². The fourth-order valence-corrected chi connectivity index (χ4v) is 4.63. The van der Waals surface area contributed by atoms with E-state index in [4.69, 9.17) is 4.74 Å². The Bertz CT molecular complexity index is 587. The first-order chi connectivity index (χ1) is 12.0. The second-order valence-corrected chi connectivity index (χ2v) is 7.99. The highest BCUT2D eigenvalue weighted by atomic mass is 16.5. The molecule has 0 heterocycles. The molecule has 25 heavy (non-hydrogen) atoms. The molecule has 4 nitrogen and oxygen atoms in total. The zero-order chi connectivity index (χ0) is 18.0. The Morgan fingerprint density at radius 2 is 1.64 bits per heavy atom.